The van der Waals surface area contributed by atoms with E-state index >= 15 is 0 Å². The number of fused-ring (bicyclic) bond motifs is 5. The highest BCUT2D eigenvalue weighted by Crippen LogP contribution is 2.42. The normalized spacial score (nSPS) is 13.3. The number of rotatable bonds is 6. The van der Waals surface area contributed by atoms with Gasteiger partial charge in [-0.05, 0) is 59.0 Å². The summed E-state index contributed by atoms with van der Waals surface area (Å²) in [5, 5.41) is 2.43. The second kappa shape index (κ2) is 8.82. The van der Waals surface area contributed by atoms with Crippen molar-refractivity contribution in [1.82, 2.24) is 19.9 Å². The van der Waals surface area contributed by atoms with E-state index in [1.807, 2.05) is 6.20 Å². The molecule has 4 heterocycles. The number of aromatic amines is 2. The van der Waals surface area contributed by atoms with Crippen LogP contribution in [-0.4, -0.2) is 32.0 Å². The van der Waals surface area contributed by atoms with Crippen LogP contribution in [0.5, 0.6) is 0 Å². The van der Waals surface area contributed by atoms with Gasteiger partial charge in [-0.1, -0.05) is 18.2 Å². The summed E-state index contributed by atoms with van der Waals surface area (Å²) in [5.74, 6) is 0. The molecule has 2 N–H and O–H groups in total. The number of thiophene rings is 2. The fourth-order valence-corrected chi connectivity index (χ4v) is 8.13. The van der Waals surface area contributed by atoms with Gasteiger partial charge in [-0.15, -0.1) is 22.7 Å². The van der Waals surface area contributed by atoms with Gasteiger partial charge in [0.1, 0.15) is 23.2 Å². The van der Waals surface area contributed by atoms with Crippen LogP contribution >= 0.6 is 39.8 Å². The van der Waals surface area contributed by atoms with Crippen molar-refractivity contribution in [2.75, 3.05) is 0 Å². The molecule has 6 nitrogen and oxygen atoms in total. The van der Waals surface area contributed by atoms with Gasteiger partial charge < -0.3 is 9.97 Å². The van der Waals surface area contributed by atoms with Gasteiger partial charge in [-0.2, -0.15) is 0 Å². The Hall–Kier alpha value is -3.02. The average molecular weight is 545 g/mol. The topological polar surface area (TPSA) is 91.5 Å². The van der Waals surface area contributed by atoms with Crippen molar-refractivity contribution in [3.05, 3.63) is 59.9 Å². The van der Waals surface area contributed by atoms with Crippen molar-refractivity contribution < 1.29 is 9.59 Å². The first-order valence-corrected chi connectivity index (χ1v) is 15.1. The number of aryl methyl sites for hydroxylation is 2. The van der Waals surface area contributed by atoms with Crippen molar-refractivity contribution >= 4 is 83.2 Å². The minimum Gasteiger partial charge on any atom is -0.341 e. The van der Waals surface area contributed by atoms with Gasteiger partial charge in [0.25, 0.3) is 0 Å². The van der Waals surface area contributed by atoms with Crippen LogP contribution in [0.1, 0.15) is 11.3 Å². The van der Waals surface area contributed by atoms with E-state index < -0.39 is 0 Å². The van der Waals surface area contributed by atoms with Gasteiger partial charge in [0, 0.05) is 42.7 Å². The molecule has 7 rings (SSSR count). The molecule has 0 amide bonds. The summed E-state index contributed by atoms with van der Waals surface area (Å²) < 4.78 is 2.50. The molecule has 0 saturated carbocycles. The van der Waals surface area contributed by atoms with Crippen LogP contribution in [0.25, 0.3) is 52.4 Å². The van der Waals surface area contributed by atoms with E-state index in [2.05, 4.69) is 57.4 Å². The molecule has 2 unspecified atom stereocenters. The first-order valence-electron chi connectivity index (χ1n) is 11.3. The Kier molecular flexibility index (Phi) is 5.44. The molecule has 0 fully saturated rings. The van der Waals surface area contributed by atoms with Gasteiger partial charge >= 0.3 is 0 Å². The average Bonchev–Trinajstić information content (AvgIpc) is 3.65. The van der Waals surface area contributed by atoms with E-state index in [1.165, 1.54) is 41.7 Å². The van der Waals surface area contributed by atoms with Gasteiger partial charge in [0.2, 0.25) is 0 Å². The number of carbonyl (C=O) groups is 2. The number of aromatic nitrogens is 4. The summed E-state index contributed by atoms with van der Waals surface area (Å²) in [5.41, 5.74) is 8.30. The fraction of sp³-hybridized carbons (Fsp3) is 0.0769. The van der Waals surface area contributed by atoms with E-state index in [-0.39, 0.29) is 17.2 Å². The van der Waals surface area contributed by atoms with E-state index in [4.69, 9.17) is 4.98 Å². The Bertz CT molecular complexity index is 1780. The van der Waals surface area contributed by atoms with Crippen molar-refractivity contribution in [3.8, 4) is 32.3 Å². The lowest BCUT2D eigenvalue weighted by molar-refractivity contribution is 0.569. The van der Waals surface area contributed by atoms with Crippen molar-refractivity contribution in [3.63, 3.8) is 0 Å². The molecular formula is C26H18N4O2P2S2. The van der Waals surface area contributed by atoms with Crippen LogP contribution in [0.4, 0.5) is 0 Å². The summed E-state index contributed by atoms with van der Waals surface area (Å²) in [6.07, 6.45) is 3.69. The third kappa shape index (κ3) is 3.77. The maximum Gasteiger partial charge on any atom is 0.146 e. The number of nitrogens with one attached hydrogen (secondary N) is 2. The largest absolute Gasteiger partial charge is 0.341 e. The van der Waals surface area contributed by atoms with Gasteiger partial charge in [0.05, 0.1) is 22.5 Å². The highest BCUT2D eigenvalue weighted by molar-refractivity contribution is 7.62. The van der Waals surface area contributed by atoms with Crippen LogP contribution in [0.2, 0.25) is 0 Å². The molecule has 6 aromatic rings. The Balaban J connectivity index is 1.22. The zero-order valence-electron chi connectivity index (χ0n) is 18.7. The van der Waals surface area contributed by atoms with Gasteiger partial charge in [-0.25, -0.2) is 9.97 Å². The molecule has 0 saturated heterocycles. The SMILES string of the molecule is O=CPc1ncc(-c2cc3sc(-c4ccc5cc6c(cc5c4)CCc4[nH]c(PC=O)nc4-6)cc3s2)[nH]1. The van der Waals surface area contributed by atoms with E-state index in [0.29, 0.717) is 0 Å². The lowest BCUT2D eigenvalue weighted by Gasteiger charge is -2.16. The number of hydrogen-bond donors (Lipinski definition) is 2. The Morgan fingerprint density at radius 2 is 1.64 bits per heavy atom. The van der Waals surface area contributed by atoms with Crippen molar-refractivity contribution in [1.29, 1.82) is 0 Å². The molecule has 0 aliphatic heterocycles. The van der Waals surface area contributed by atoms with Crippen LogP contribution < -0.4 is 11.1 Å². The predicted octanol–water partition coefficient (Wildman–Crippen LogP) is 5.65. The fourth-order valence-electron chi connectivity index (χ4n) is 4.81. The molecule has 2 aromatic carbocycles. The van der Waals surface area contributed by atoms with E-state index in [1.54, 1.807) is 22.7 Å². The molecule has 0 bridgehead atoms. The molecule has 0 spiro atoms. The standard InChI is InChI=1S/C26H18N4O2P2S2/c31-11-33-25-27-10-19(29-25)21-9-23-22(36-21)8-20(35-23)15-2-1-13-7-17-14(5-16(13)6-15)3-4-18-24(17)30-26(28-18)34-12-32/h1-2,5-12,33-34H,3-4H2,(H,27,29)(H,28,30). The molecular weight excluding hydrogens is 526 g/mol. The zero-order chi connectivity index (χ0) is 24.2. The number of carbonyl (C=O) groups excluding carboxylic acids is 2. The Labute approximate surface area is 217 Å². The second-order valence-corrected chi connectivity index (χ2v) is 12.8. The predicted molar refractivity (Wildman–Crippen MR) is 155 cm³/mol. The highest BCUT2D eigenvalue weighted by atomic mass is 32.1. The first kappa shape index (κ1) is 22.2. The van der Waals surface area contributed by atoms with Crippen LogP contribution in [0.3, 0.4) is 0 Å². The van der Waals surface area contributed by atoms with Gasteiger partial charge in [-0.3, -0.25) is 9.59 Å². The minimum atomic E-state index is 0.0563. The Morgan fingerprint density at radius 3 is 2.50 bits per heavy atom. The van der Waals surface area contributed by atoms with E-state index in [0.717, 1.165) is 58.0 Å². The third-order valence-corrected chi connectivity index (χ3v) is 10.1. The van der Waals surface area contributed by atoms with Crippen LogP contribution in [0, 0.1) is 0 Å². The maximum absolute atomic E-state index is 10.9. The smallest absolute Gasteiger partial charge is 0.146 e. The van der Waals surface area contributed by atoms with Gasteiger partial charge in [0.15, 0.2) is 0 Å². The molecule has 1 aliphatic rings. The highest BCUT2D eigenvalue weighted by Gasteiger charge is 2.21. The number of nitrogens with zero attached hydrogens (tertiary/aromatic N) is 2. The quantitative estimate of drug-likeness (QED) is 0.209. The van der Waals surface area contributed by atoms with Crippen molar-refractivity contribution in [2.24, 2.45) is 0 Å². The van der Waals surface area contributed by atoms with Crippen molar-refractivity contribution in [2.45, 2.75) is 12.8 Å². The monoisotopic (exact) mass is 544 g/mol. The lowest BCUT2D eigenvalue weighted by atomic mass is 9.89. The number of benzene rings is 2. The number of hydrogen-bond acceptors (Lipinski definition) is 6. The Morgan fingerprint density at radius 1 is 0.833 bits per heavy atom. The molecule has 10 heteroatoms. The minimum absolute atomic E-state index is 0.0563. The molecule has 4 aromatic heterocycles. The third-order valence-electron chi connectivity index (χ3n) is 6.46. The van der Waals surface area contributed by atoms with Crippen LogP contribution in [0.15, 0.2) is 48.7 Å². The molecule has 36 heavy (non-hydrogen) atoms. The molecule has 2 atom stereocenters. The number of H-pyrrole nitrogens is 2. The lowest BCUT2D eigenvalue weighted by Crippen LogP contribution is -2.03. The second-order valence-electron chi connectivity index (χ2n) is 8.60. The number of imidazole rings is 2. The first-order chi connectivity index (χ1) is 17.7. The zero-order valence-corrected chi connectivity index (χ0v) is 22.3. The summed E-state index contributed by atoms with van der Waals surface area (Å²) in [6.45, 7) is 0. The maximum atomic E-state index is 10.9. The van der Waals surface area contributed by atoms with E-state index in [9.17, 15) is 9.59 Å². The van der Waals surface area contributed by atoms with Crippen LogP contribution in [-0.2, 0) is 22.4 Å². The molecule has 0 radical (unpaired) electrons. The molecule has 176 valence electrons. The summed E-state index contributed by atoms with van der Waals surface area (Å²) in [4.78, 5) is 39.7. The summed E-state index contributed by atoms with van der Waals surface area (Å²) in [6, 6.07) is 17.5. The summed E-state index contributed by atoms with van der Waals surface area (Å²) >= 11 is 3.54. The molecule has 1 aliphatic carbocycles. The summed E-state index contributed by atoms with van der Waals surface area (Å²) in [7, 11) is 0.122.